The van der Waals surface area contributed by atoms with Gasteiger partial charge in [-0.15, -0.1) is 0 Å². The Morgan fingerprint density at radius 2 is 1.74 bits per heavy atom. The van der Waals surface area contributed by atoms with Crippen LogP contribution in [0.2, 0.25) is 18.1 Å². The Morgan fingerprint density at radius 1 is 1.00 bits per heavy atom. The Hall–Kier alpha value is -2.70. The number of hydrogen-bond donors (Lipinski definition) is 0. The number of aromatic nitrogens is 1. The van der Waals surface area contributed by atoms with Crippen LogP contribution in [0.1, 0.15) is 44.7 Å². The van der Waals surface area contributed by atoms with Crippen molar-refractivity contribution in [2.45, 2.75) is 70.7 Å². The molecule has 0 N–H and O–H groups in total. The first-order valence-corrected chi connectivity index (χ1v) is 15.3. The highest BCUT2D eigenvalue weighted by molar-refractivity contribution is 6.74. The maximum absolute atomic E-state index is 11.4. The number of fused-ring (bicyclic) bond motifs is 1. The van der Waals surface area contributed by atoms with Crippen molar-refractivity contribution in [3.05, 3.63) is 72.1 Å². The fourth-order valence-corrected chi connectivity index (χ4v) is 5.07. The molecule has 1 atom stereocenters. The first kappa shape index (κ1) is 26.9. The monoisotopic (exact) mass is 493 g/mol. The molecule has 0 fully saturated rings. The second kappa shape index (κ2) is 11.8. The van der Waals surface area contributed by atoms with Crippen LogP contribution in [0.25, 0.3) is 10.8 Å². The number of carbonyl (C=O) groups is 1. The fourth-order valence-electron chi connectivity index (χ4n) is 3.70. The van der Waals surface area contributed by atoms with Gasteiger partial charge in [0.1, 0.15) is 12.4 Å². The Labute approximate surface area is 211 Å². The van der Waals surface area contributed by atoms with Crippen molar-refractivity contribution >= 4 is 25.1 Å². The maximum atomic E-state index is 11.4. The molecule has 0 amide bonds. The number of nitrogens with zero attached hydrogens (tertiary/aromatic N) is 1. The van der Waals surface area contributed by atoms with Crippen molar-refractivity contribution in [2.24, 2.45) is 0 Å². The lowest BCUT2D eigenvalue weighted by Gasteiger charge is -2.39. The zero-order valence-electron chi connectivity index (χ0n) is 22.0. The molecule has 0 aliphatic rings. The van der Waals surface area contributed by atoms with Gasteiger partial charge in [-0.05, 0) is 77.5 Å². The molecule has 3 aromatic rings. The summed E-state index contributed by atoms with van der Waals surface area (Å²) in [6.07, 6.45) is 6.58. The smallest absolute Gasteiger partial charge is 0.305 e. The lowest BCUT2D eigenvalue weighted by Crippen LogP contribution is -2.45. The summed E-state index contributed by atoms with van der Waals surface area (Å²) in [6.45, 7) is 11.9. The molecule has 0 spiro atoms. The predicted molar refractivity (Wildman–Crippen MR) is 144 cm³/mol. The van der Waals surface area contributed by atoms with Gasteiger partial charge in [0.05, 0.1) is 13.2 Å². The van der Waals surface area contributed by atoms with E-state index in [2.05, 4.69) is 75.2 Å². The largest absolute Gasteiger partial charge is 0.491 e. The van der Waals surface area contributed by atoms with Crippen LogP contribution in [0.3, 0.4) is 0 Å². The summed E-state index contributed by atoms with van der Waals surface area (Å²) in [4.78, 5) is 15.7. The van der Waals surface area contributed by atoms with Crippen molar-refractivity contribution in [3.63, 3.8) is 0 Å². The molecule has 1 heterocycles. The van der Waals surface area contributed by atoms with Crippen LogP contribution in [-0.4, -0.2) is 39.1 Å². The number of hydrogen-bond acceptors (Lipinski definition) is 5. The van der Waals surface area contributed by atoms with E-state index in [1.165, 1.54) is 12.7 Å². The second-order valence-corrected chi connectivity index (χ2v) is 15.4. The number of pyridine rings is 1. The minimum atomic E-state index is -1.94. The van der Waals surface area contributed by atoms with Crippen molar-refractivity contribution in [2.75, 3.05) is 13.7 Å². The molecule has 0 radical (unpaired) electrons. The molecular formula is C29H39NO4Si. The van der Waals surface area contributed by atoms with Crippen LogP contribution in [-0.2, 0) is 26.8 Å². The van der Waals surface area contributed by atoms with Crippen molar-refractivity contribution in [3.8, 4) is 5.75 Å². The number of methoxy groups -OCH3 is 1. The number of rotatable bonds is 11. The SMILES string of the molecule is COC(=O)CCc1ccc2cc(OC[C@@H](CCc3cccnc3)O[Si](C)(C)C(C)(C)C)ccc2c1. The molecule has 5 nitrogen and oxygen atoms in total. The van der Waals surface area contributed by atoms with Gasteiger partial charge in [0, 0.05) is 18.8 Å². The normalized spacial score (nSPS) is 13.0. The summed E-state index contributed by atoms with van der Waals surface area (Å²) in [5.74, 6) is 0.650. The van der Waals surface area contributed by atoms with Gasteiger partial charge >= 0.3 is 5.97 Å². The average Bonchev–Trinajstić information content (AvgIpc) is 2.83. The van der Waals surface area contributed by atoms with E-state index in [-0.39, 0.29) is 17.1 Å². The maximum Gasteiger partial charge on any atom is 0.305 e. The van der Waals surface area contributed by atoms with Crippen molar-refractivity contribution in [1.29, 1.82) is 0 Å². The lowest BCUT2D eigenvalue weighted by atomic mass is 10.0. The standard InChI is InChI=1S/C29H39NO4Si/c1-29(2,3)35(5,6)34-27(14-10-23-8-7-17-30-20-23)21-33-26-15-13-24-18-22(9-12-25(24)19-26)11-16-28(31)32-4/h7-9,12-13,15,17-20,27H,10-11,14,16,21H2,1-6H3/t27-/m1/s1. The van der Waals surface area contributed by atoms with E-state index in [0.717, 1.165) is 34.9 Å². The van der Waals surface area contributed by atoms with Gasteiger partial charge in [-0.2, -0.15) is 0 Å². The average molecular weight is 494 g/mol. The Bertz CT molecular complexity index is 1110. The van der Waals surface area contributed by atoms with Crippen LogP contribution in [0.4, 0.5) is 0 Å². The van der Waals surface area contributed by atoms with Crippen LogP contribution in [0.15, 0.2) is 60.9 Å². The molecule has 0 aliphatic heterocycles. The zero-order chi connectivity index (χ0) is 25.5. The van der Waals surface area contributed by atoms with Crippen LogP contribution in [0.5, 0.6) is 5.75 Å². The fraction of sp³-hybridized carbons (Fsp3) is 0.448. The van der Waals surface area contributed by atoms with Gasteiger partial charge in [-0.25, -0.2) is 0 Å². The number of aryl methyl sites for hydroxylation is 2. The van der Waals surface area contributed by atoms with Gasteiger partial charge in [0.25, 0.3) is 0 Å². The zero-order valence-corrected chi connectivity index (χ0v) is 23.0. The first-order chi connectivity index (χ1) is 16.6. The summed E-state index contributed by atoms with van der Waals surface area (Å²) in [7, 11) is -0.520. The highest BCUT2D eigenvalue weighted by Crippen LogP contribution is 2.38. The molecule has 0 unspecified atom stereocenters. The quantitative estimate of drug-likeness (QED) is 0.219. The molecule has 6 heteroatoms. The van der Waals surface area contributed by atoms with E-state index in [1.54, 1.807) is 6.20 Å². The minimum Gasteiger partial charge on any atom is -0.491 e. The molecule has 0 saturated carbocycles. The van der Waals surface area contributed by atoms with Crippen molar-refractivity contribution < 1.29 is 18.7 Å². The summed E-state index contributed by atoms with van der Waals surface area (Å²) < 4.78 is 17.8. The van der Waals surface area contributed by atoms with Crippen LogP contribution < -0.4 is 4.74 Å². The molecule has 188 valence electrons. The third-order valence-electron chi connectivity index (χ3n) is 6.90. The summed E-state index contributed by atoms with van der Waals surface area (Å²) in [5.41, 5.74) is 2.33. The highest BCUT2D eigenvalue weighted by Gasteiger charge is 2.39. The molecule has 2 aromatic carbocycles. The predicted octanol–water partition coefficient (Wildman–Crippen LogP) is 6.74. The third-order valence-corrected chi connectivity index (χ3v) is 11.4. The molecule has 0 aliphatic carbocycles. The molecule has 0 saturated heterocycles. The summed E-state index contributed by atoms with van der Waals surface area (Å²) in [6, 6.07) is 16.5. The topological polar surface area (TPSA) is 57.7 Å². The number of carbonyl (C=O) groups excluding carboxylic acids is 1. The van der Waals surface area contributed by atoms with E-state index in [4.69, 9.17) is 13.9 Å². The lowest BCUT2D eigenvalue weighted by molar-refractivity contribution is -0.140. The van der Waals surface area contributed by atoms with E-state index >= 15 is 0 Å². The first-order valence-electron chi connectivity index (χ1n) is 12.4. The summed E-state index contributed by atoms with van der Waals surface area (Å²) >= 11 is 0. The van der Waals surface area contributed by atoms with Gasteiger partial charge < -0.3 is 13.9 Å². The van der Waals surface area contributed by atoms with E-state index in [1.807, 2.05) is 18.3 Å². The molecule has 3 rings (SSSR count). The van der Waals surface area contributed by atoms with Crippen LogP contribution >= 0.6 is 0 Å². The third kappa shape index (κ3) is 7.90. The van der Waals surface area contributed by atoms with Gasteiger partial charge in [0.2, 0.25) is 0 Å². The van der Waals surface area contributed by atoms with Crippen molar-refractivity contribution in [1.82, 2.24) is 4.98 Å². The minimum absolute atomic E-state index is 0.00694. The number of benzene rings is 2. The summed E-state index contributed by atoms with van der Waals surface area (Å²) in [5, 5.41) is 2.38. The Kier molecular flexibility index (Phi) is 9.08. The molecule has 0 bridgehead atoms. The van der Waals surface area contributed by atoms with Crippen LogP contribution in [0, 0.1) is 0 Å². The van der Waals surface area contributed by atoms with E-state index < -0.39 is 8.32 Å². The van der Waals surface area contributed by atoms with Gasteiger partial charge in [-0.1, -0.05) is 51.1 Å². The van der Waals surface area contributed by atoms with Gasteiger partial charge in [0.15, 0.2) is 8.32 Å². The van der Waals surface area contributed by atoms with Gasteiger partial charge in [-0.3, -0.25) is 9.78 Å². The number of ether oxygens (including phenoxy) is 2. The Balaban J connectivity index is 1.68. The number of esters is 1. The van der Waals surface area contributed by atoms with E-state index in [0.29, 0.717) is 19.4 Å². The van der Waals surface area contributed by atoms with E-state index in [9.17, 15) is 4.79 Å². The highest BCUT2D eigenvalue weighted by atomic mass is 28.4. The molecule has 1 aromatic heterocycles. The Morgan fingerprint density at radius 3 is 2.43 bits per heavy atom. The molecule has 35 heavy (non-hydrogen) atoms. The molecular weight excluding hydrogens is 454 g/mol. The second-order valence-electron chi connectivity index (χ2n) is 10.6.